The fourth-order valence-electron chi connectivity index (χ4n) is 2.23. The lowest BCUT2D eigenvalue weighted by Gasteiger charge is -2.18. The predicted molar refractivity (Wildman–Crippen MR) is 94.0 cm³/mol. The minimum Gasteiger partial charge on any atom is -0.352 e. The van der Waals surface area contributed by atoms with Crippen LogP contribution in [0.2, 0.25) is 0 Å². The topological polar surface area (TPSA) is 84.2 Å². The van der Waals surface area contributed by atoms with Gasteiger partial charge in [-0.2, -0.15) is 0 Å². The van der Waals surface area contributed by atoms with E-state index in [1.165, 1.54) is 0 Å². The van der Waals surface area contributed by atoms with Crippen molar-refractivity contribution < 1.29 is 9.59 Å². The molecule has 4 N–H and O–H groups in total. The third-order valence-corrected chi connectivity index (χ3v) is 4.24. The summed E-state index contributed by atoms with van der Waals surface area (Å²) in [6, 6.07) is 13.7. The van der Waals surface area contributed by atoms with Crippen LogP contribution in [-0.2, 0) is 4.79 Å². The molecule has 120 valence electrons. The third kappa shape index (κ3) is 5.10. The Morgan fingerprint density at radius 1 is 1.17 bits per heavy atom. The van der Waals surface area contributed by atoms with Gasteiger partial charge in [-0.05, 0) is 36.2 Å². The molecule has 0 fully saturated rings. The lowest BCUT2D eigenvalue weighted by atomic mass is 10.0. The van der Waals surface area contributed by atoms with Crippen molar-refractivity contribution in [2.24, 2.45) is 5.73 Å². The predicted octanol–water partition coefficient (Wildman–Crippen LogP) is 3.50. The largest absolute Gasteiger partial charge is 0.352 e. The van der Waals surface area contributed by atoms with Gasteiger partial charge in [0.25, 0.3) is 0 Å². The molecule has 0 saturated carbocycles. The Morgan fingerprint density at radius 3 is 2.48 bits per heavy atom. The van der Waals surface area contributed by atoms with Crippen molar-refractivity contribution in [1.82, 2.24) is 5.32 Å². The van der Waals surface area contributed by atoms with Crippen molar-refractivity contribution in [1.29, 1.82) is 0 Å². The van der Waals surface area contributed by atoms with Gasteiger partial charge in [-0.3, -0.25) is 4.79 Å². The fourth-order valence-corrected chi connectivity index (χ4v) is 2.48. The first kappa shape index (κ1) is 17.0. The maximum atomic E-state index is 12.3. The summed E-state index contributed by atoms with van der Waals surface area (Å²) in [7, 11) is 0. The van der Waals surface area contributed by atoms with Gasteiger partial charge in [-0.25, -0.2) is 4.79 Å². The van der Waals surface area contributed by atoms with Crippen molar-refractivity contribution in [2.75, 3.05) is 5.32 Å². The average molecular weight is 376 g/mol. The number of primary amides is 1. The van der Waals surface area contributed by atoms with Gasteiger partial charge in [0.1, 0.15) is 0 Å². The van der Waals surface area contributed by atoms with E-state index in [0.717, 1.165) is 15.6 Å². The van der Waals surface area contributed by atoms with Gasteiger partial charge in [0, 0.05) is 10.2 Å². The summed E-state index contributed by atoms with van der Waals surface area (Å²) in [4.78, 5) is 23.4. The van der Waals surface area contributed by atoms with Crippen LogP contribution >= 0.6 is 15.9 Å². The van der Waals surface area contributed by atoms with Gasteiger partial charge in [0.15, 0.2) is 0 Å². The number of nitrogens with one attached hydrogen (secondary N) is 2. The van der Waals surface area contributed by atoms with Crippen LogP contribution in [0.4, 0.5) is 10.5 Å². The van der Waals surface area contributed by atoms with E-state index in [1.807, 2.05) is 55.5 Å². The molecule has 1 atom stereocenters. The molecule has 6 heteroatoms. The Balaban J connectivity index is 2.08. The van der Waals surface area contributed by atoms with Crippen LogP contribution in [0, 0.1) is 6.92 Å². The van der Waals surface area contributed by atoms with Gasteiger partial charge in [-0.15, -0.1) is 0 Å². The minimum atomic E-state index is -0.661. The number of halogens is 1. The first-order valence-electron chi connectivity index (χ1n) is 7.12. The fraction of sp³-hybridized carbons (Fsp3) is 0.176. The Labute approximate surface area is 143 Å². The number of hydrogen-bond acceptors (Lipinski definition) is 2. The van der Waals surface area contributed by atoms with Crippen LogP contribution in [0.3, 0.4) is 0 Å². The van der Waals surface area contributed by atoms with Gasteiger partial charge >= 0.3 is 6.03 Å². The Morgan fingerprint density at radius 2 is 1.87 bits per heavy atom. The number of carbonyl (C=O) groups is 2. The highest BCUT2D eigenvalue weighted by atomic mass is 79.9. The summed E-state index contributed by atoms with van der Waals surface area (Å²) >= 11 is 3.42. The van der Waals surface area contributed by atoms with Gasteiger partial charge < -0.3 is 16.4 Å². The normalized spacial score (nSPS) is 11.6. The quantitative estimate of drug-likeness (QED) is 0.746. The molecule has 0 aliphatic carbocycles. The summed E-state index contributed by atoms with van der Waals surface area (Å²) < 4.78 is 0.980. The molecule has 0 heterocycles. The number of rotatable bonds is 5. The Kier molecular flexibility index (Phi) is 5.76. The summed E-state index contributed by atoms with van der Waals surface area (Å²) in [5.74, 6) is -0.200. The standard InChI is InChI=1S/C17H18BrN3O2/c1-11-9-13(7-8-14(11)18)20-16(22)10-15(21-17(19)23)12-5-3-2-4-6-12/h2-9,15H,10H2,1H3,(H,20,22)(H3,19,21,23)/t15-/m1/s1. The number of nitrogens with two attached hydrogens (primary N) is 1. The van der Waals surface area contributed by atoms with E-state index in [9.17, 15) is 9.59 Å². The van der Waals surface area contributed by atoms with E-state index in [4.69, 9.17) is 5.73 Å². The SMILES string of the molecule is Cc1cc(NC(=O)C[C@@H](NC(N)=O)c2ccccc2)ccc1Br. The Hall–Kier alpha value is -2.34. The van der Waals surface area contributed by atoms with Crippen LogP contribution in [0.1, 0.15) is 23.6 Å². The number of benzene rings is 2. The van der Waals surface area contributed by atoms with Gasteiger partial charge in [0.05, 0.1) is 12.5 Å². The summed E-state index contributed by atoms with van der Waals surface area (Å²) in [6.07, 6.45) is 0.0993. The van der Waals surface area contributed by atoms with E-state index in [0.29, 0.717) is 5.69 Å². The van der Waals surface area contributed by atoms with Crippen LogP contribution in [0.25, 0.3) is 0 Å². The molecule has 0 unspecified atom stereocenters. The van der Waals surface area contributed by atoms with E-state index in [2.05, 4.69) is 26.6 Å². The molecule has 2 aromatic rings. The number of amides is 3. The number of carbonyl (C=O) groups excluding carboxylic acids is 2. The molecule has 0 bridgehead atoms. The average Bonchev–Trinajstić information content (AvgIpc) is 2.51. The maximum absolute atomic E-state index is 12.3. The first-order chi connectivity index (χ1) is 11.0. The van der Waals surface area contributed by atoms with Crippen molar-refractivity contribution >= 4 is 33.6 Å². The highest BCUT2D eigenvalue weighted by Gasteiger charge is 2.17. The van der Waals surface area contributed by atoms with Crippen LogP contribution in [-0.4, -0.2) is 11.9 Å². The summed E-state index contributed by atoms with van der Waals surface area (Å²) in [6.45, 7) is 1.95. The number of hydrogen-bond donors (Lipinski definition) is 3. The number of aryl methyl sites for hydroxylation is 1. The molecule has 0 aromatic heterocycles. The lowest BCUT2D eigenvalue weighted by molar-refractivity contribution is -0.116. The molecule has 3 amide bonds. The molecule has 0 aliphatic heterocycles. The molecular formula is C17H18BrN3O2. The Bertz CT molecular complexity index is 704. The molecule has 2 rings (SSSR count). The monoisotopic (exact) mass is 375 g/mol. The molecule has 0 radical (unpaired) electrons. The molecule has 2 aromatic carbocycles. The van der Waals surface area contributed by atoms with Crippen LogP contribution in [0.5, 0.6) is 0 Å². The van der Waals surface area contributed by atoms with Crippen molar-refractivity contribution in [3.05, 3.63) is 64.1 Å². The van der Waals surface area contributed by atoms with E-state index >= 15 is 0 Å². The minimum absolute atomic E-state index is 0.0993. The second kappa shape index (κ2) is 7.78. The zero-order valence-corrected chi connectivity index (χ0v) is 14.3. The maximum Gasteiger partial charge on any atom is 0.312 e. The van der Waals surface area contributed by atoms with Crippen LogP contribution in [0.15, 0.2) is 53.0 Å². The highest BCUT2D eigenvalue weighted by molar-refractivity contribution is 9.10. The zero-order valence-electron chi connectivity index (χ0n) is 12.7. The molecule has 0 spiro atoms. The van der Waals surface area contributed by atoms with Gasteiger partial charge in [0.2, 0.25) is 5.91 Å². The first-order valence-corrected chi connectivity index (χ1v) is 7.92. The highest BCUT2D eigenvalue weighted by Crippen LogP contribution is 2.21. The molecule has 5 nitrogen and oxygen atoms in total. The van der Waals surface area contributed by atoms with Crippen molar-refractivity contribution in [3.63, 3.8) is 0 Å². The molecular weight excluding hydrogens is 358 g/mol. The van der Waals surface area contributed by atoms with Crippen molar-refractivity contribution in [3.8, 4) is 0 Å². The number of anilines is 1. The lowest BCUT2D eigenvalue weighted by Crippen LogP contribution is -2.35. The van der Waals surface area contributed by atoms with Gasteiger partial charge in [-0.1, -0.05) is 46.3 Å². The smallest absolute Gasteiger partial charge is 0.312 e. The summed E-state index contributed by atoms with van der Waals surface area (Å²) in [5.41, 5.74) is 7.77. The number of urea groups is 1. The molecule has 0 saturated heterocycles. The second-order valence-corrected chi connectivity index (χ2v) is 6.04. The molecule has 23 heavy (non-hydrogen) atoms. The van der Waals surface area contributed by atoms with E-state index < -0.39 is 12.1 Å². The van der Waals surface area contributed by atoms with Crippen LogP contribution < -0.4 is 16.4 Å². The zero-order chi connectivity index (χ0) is 16.8. The van der Waals surface area contributed by atoms with E-state index in [-0.39, 0.29) is 12.3 Å². The molecule has 0 aliphatic rings. The summed E-state index contributed by atoms with van der Waals surface area (Å²) in [5, 5.41) is 5.44. The third-order valence-electron chi connectivity index (χ3n) is 3.35. The van der Waals surface area contributed by atoms with E-state index in [1.54, 1.807) is 0 Å². The van der Waals surface area contributed by atoms with Crippen molar-refractivity contribution in [2.45, 2.75) is 19.4 Å². The second-order valence-electron chi connectivity index (χ2n) is 5.19.